The molecular formula is C20H26IN5O3. The van der Waals surface area contributed by atoms with Crippen LogP contribution >= 0.6 is 24.0 Å². The van der Waals surface area contributed by atoms with Crippen molar-refractivity contribution in [3.8, 4) is 11.5 Å². The molecule has 1 fully saturated rings. The van der Waals surface area contributed by atoms with Crippen LogP contribution in [0.3, 0.4) is 0 Å². The van der Waals surface area contributed by atoms with Gasteiger partial charge in [0.1, 0.15) is 5.82 Å². The molecule has 4 rings (SSSR count). The average molecular weight is 511 g/mol. The zero-order valence-electron chi connectivity index (χ0n) is 16.2. The number of ether oxygens (including phenoxy) is 3. The lowest BCUT2D eigenvalue weighted by atomic mass is 10.2. The molecule has 0 amide bonds. The van der Waals surface area contributed by atoms with Gasteiger partial charge in [0.2, 0.25) is 0 Å². The lowest BCUT2D eigenvalue weighted by Crippen LogP contribution is -2.36. The van der Waals surface area contributed by atoms with Gasteiger partial charge < -0.3 is 30.2 Å². The fourth-order valence-electron chi connectivity index (χ4n) is 3.09. The van der Waals surface area contributed by atoms with Gasteiger partial charge in [-0.25, -0.2) is 9.98 Å². The van der Waals surface area contributed by atoms with Crippen molar-refractivity contribution in [3.05, 3.63) is 42.1 Å². The normalized spacial score (nSPS) is 16.6. The van der Waals surface area contributed by atoms with Gasteiger partial charge in [0.15, 0.2) is 17.5 Å². The van der Waals surface area contributed by atoms with Crippen molar-refractivity contribution in [1.29, 1.82) is 0 Å². The lowest BCUT2D eigenvalue weighted by molar-refractivity contribution is 0.122. The first kappa shape index (κ1) is 21.4. The van der Waals surface area contributed by atoms with Gasteiger partial charge >= 0.3 is 0 Å². The number of hydrogen-bond donors (Lipinski definition) is 2. The average Bonchev–Trinajstić information content (AvgIpc) is 2.98. The zero-order chi connectivity index (χ0) is 19.2. The molecule has 0 unspecified atom stereocenters. The smallest absolute Gasteiger partial charge is 0.193 e. The van der Waals surface area contributed by atoms with E-state index in [1.165, 1.54) is 0 Å². The molecule has 29 heavy (non-hydrogen) atoms. The third kappa shape index (κ3) is 5.86. The monoisotopic (exact) mass is 511 g/mol. The third-order valence-corrected chi connectivity index (χ3v) is 4.60. The van der Waals surface area contributed by atoms with E-state index in [1.807, 2.05) is 36.5 Å². The number of morpholine rings is 1. The van der Waals surface area contributed by atoms with E-state index >= 15 is 0 Å². The summed E-state index contributed by atoms with van der Waals surface area (Å²) in [6.07, 6.45) is 2.72. The molecule has 0 aliphatic carbocycles. The Hall–Kier alpha value is -2.27. The number of hydrogen-bond acceptors (Lipinski definition) is 6. The van der Waals surface area contributed by atoms with E-state index in [0.29, 0.717) is 25.7 Å². The van der Waals surface area contributed by atoms with E-state index in [9.17, 15) is 0 Å². The minimum absolute atomic E-state index is 0. The van der Waals surface area contributed by atoms with Crippen LogP contribution in [0.4, 0.5) is 11.5 Å². The summed E-state index contributed by atoms with van der Waals surface area (Å²) < 4.78 is 16.7. The Kier molecular flexibility index (Phi) is 7.76. The van der Waals surface area contributed by atoms with Crippen molar-refractivity contribution in [2.45, 2.75) is 13.0 Å². The van der Waals surface area contributed by atoms with Crippen molar-refractivity contribution < 1.29 is 14.2 Å². The first-order valence-corrected chi connectivity index (χ1v) is 9.52. The van der Waals surface area contributed by atoms with Crippen LogP contribution in [-0.4, -0.2) is 50.5 Å². The Morgan fingerprint density at radius 3 is 2.62 bits per heavy atom. The highest BCUT2D eigenvalue weighted by Gasteiger charge is 2.12. The summed E-state index contributed by atoms with van der Waals surface area (Å²) in [6.45, 7) is 5.01. The Morgan fingerprint density at radius 1 is 1.07 bits per heavy atom. The molecule has 1 saturated heterocycles. The fourth-order valence-corrected chi connectivity index (χ4v) is 3.09. The second-order valence-electron chi connectivity index (χ2n) is 6.66. The van der Waals surface area contributed by atoms with Crippen LogP contribution in [0.25, 0.3) is 0 Å². The quantitative estimate of drug-likeness (QED) is 0.371. The number of rotatable bonds is 4. The molecule has 0 radical (unpaired) electrons. The molecule has 0 saturated carbocycles. The first-order valence-electron chi connectivity index (χ1n) is 9.52. The van der Waals surface area contributed by atoms with Crippen LogP contribution in [0.1, 0.15) is 12.0 Å². The number of aromatic nitrogens is 1. The van der Waals surface area contributed by atoms with E-state index < -0.39 is 0 Å². The predicted octanol–water partition coefficient (Wildman–Crippen LogP) is 2.62. The standard InChI is InChI=1S/C20H25N5O3.HI/c21-20(24-16-3-4-17-18(12-16)28-9-1-8-27-17)23-14-15-2-5-19(22-13-15)25-6-10-26-11-7-25;/h2-5,12-13H,1,6-11,14H2,(H3,21,23,24);1H. The Morgan fingerprint density at radius 2 is 1.86 bits per heavy atom. The van der Waals surface area contributed by atoms with Gasteiger partial charge in [-0.05, 0) is 23.8 Å². The van der Waals surface area contributed by atoms with Crippen LogP contribution in [0.2, 0.25) is 0 Å². The maximum atomic E-state index is 6.03. The lowest BCUT2D eigenvalue weighted by Gasteiger charge is -2.27. The Balaban J connectivity index is 0.00000240. The third-order valence-electron chi connectivity index (χ3n) is 4.60. The zero-order valence-corrected chi connectivity index (χ0v) is 18.5. The molecule has 3 heterocycles. The maximum Gasteiger partial charge on any atom is 0.193 e. The van der Waals surface area contributed by atoms with Crippen LogP contribution in [0, 0.1) is 0 Å². The van der Waals surface area contributed by atoms with Crippen molar-refractivity contribution in [1.82, 2.24) is 4.98 Å². The second-order valence-corrected chi connectivity index (χ2v) is 6.66. The van der Waals surface area contributed by atoms with Crippen molar-refractivity contribution >= 4 is 41.4 Å². The highest BCUT2D eigenvalue weighted by molar-refractivity contribution is 14.0. The number of benzene rings is 1. The van der Waals surface area contributed by atoms with Gasteiger partial charge in [-0.1, -0.05) is 6.07 Å². The molecule has 0 bridgehead atoms. The molecule has 0 spiro atoms. The summed E-state index contributed by atoms with van der Waals surface area (Å²) in [5.41, 5.74) is 7.84. The number of fused-ring (bicyclic) bond motifs is 1. The van der Waals surface area contributed by atoms with Gasteiger partial charge in [-0.2, -0.15) is 0 Å². The summed E-state index contributed by atoms with van der Waals surface area (Å²) in [5, 5.41) is 3.10. The molecule has 156 valence electrons. The molecule has 1 aromatic heterocycles. The molecule has 2 aromatic rings. The summed E-state index contributed by atoms with van der Waals surface area (Å²) >= 11 is 0. The van der Waals surface area contributed by atoms with Crippen molar-refractivity contribution in [3.63, 3.8) is 0 Å². The van der Waals surface area contributed by atoms with E-state index in [0.717, 1.165) is 61.3 Å². The highest BCUT2D eigenvalue weighted by Crippen LogP contribution is 2.32. The van der Waals surface area contributed by atoms with E-state index in [2.05, 4.69) is 20.2 Å². The van der Waals surface area contributed by atoms with Crippen LogP contribution in [-0.2, 0) is 11.3 Å². The van der Waals surface area contributed by atoms with Gasteiger partial charge in [-0.3, -0.25) is 0 Å². The summed E-state index contributed by atoms with van der Waals surface area (Å²) in [5.74, 6) is 2.78. The van der Waals surface area contributed by atoms with Gasteiger partial charge in [0, 0.05) is 37.5 Å². The number of guanidine groups is 1. The number of nitrogens with zero attached hydrogens (tertiary/aromatic N) is 3. The van der Waals surface area contributed by atoms with Crippen molar-refractivity contribution in [2.75, 3.05) is 49.7 Å². The SMILES string of the molecule is I.NC(=NCc1ccc(N2CCOCC2)nc1)Nc1ccc2c(c1)OCCCO2. The molecule has 8 nitrogen and oxygen atoms in total. The molecular weight excluding hydrogens is 485 g/mol. The molecule has 1 aromatic carbocycles. The molecule has 3 N–H and O–H groups in total. The van der Waals surface area contributed by atoms with Gasteiger partial charge in [0.25, 0.3) is 0 Å². The highest BCUT2D eigenvalue weighted by atomic mass is 127. The summed E-state index contributed by atoms with van der Waals surface area (Å²) in [7, 11) is 0. The van der Waals surface area contributed by atoms with Crippen molar-refractivity contribution in [2.24, 2.45) is 10.7 Å². The van der Waals surface area contributed by atoms with E-state index in [4.69, 9.17) is 19.9 Å². The van der Waals surface area contributed by atoms with Gasteiger partial charge in [0.05, 0.1) is 33.0 Å². The number of halogens is 1. The largest absolute Gasteiger partial charge is 0.490 e. The number of nitrogens with one attached hydrogen (secondary N) is 1. The topological polar surface area (TPSA) is 94.2 Å². The Labute approximate surface area is 187 Å². The van der Waals surface area contributed by atoms with Crippen LogP contribution < -0.4 is 25.4 Å². The fraction of sp³-hybridized carbons (Fsp3) is 0.400. The van der Waals surface area contributed by atoms with E-state index in [-0.39, 0.29) is 24.0 Å². The number of aliphatic imine (C=N–C) groups is 1. The Bertz CT molecular complexity index is 825. The van der Waals surface area contributed by atoms with Gasteiger partial charge in [-0.15, -0.1) is 24.0 Å². The predicted molar refractivity (Wildman–Crippen MR) is 124 cm³/mol. The van der Waals surface area contributed by atoms with E-state index in [1.54, 1.807) is 0 Å². The maximum absolute atomic E-state index is 6.03. The minimum Gasteiger partial charge on any atom is -0.490 e. The molecule has 2 aliphatic rings. The summed E-state index contributed by atoms with van der Waals surface area (Å²) in [4.78, 5) is 11.1. The van der Waals surface area contributed by atoms with Crippen LogP contribution in [0.5, 0.6) is 11.5 Å². The van der Waals surface area contributed by atoms with Crippen LogP contribution in [0.15, 0.2) is 41.5 Å². The number of anilines is 2. The molecule has 2 aliphatic heterocycles. The minimum atomic E-state index is 0. The number of nitrogens with two attached hydrogens (primary N) is 1. The number of pyridine rings is 1. The second kappa shape index (κ2) is 10.5. The molecule has 9 heteroatoms. The summed E-state index contributed by atoms with van der Waals surface area (Å²) in [6, 6.07) is 9.70. The molecule has 0 atom stereocenters. The first-order chi connectivity index (χ1) is 13.8.